The summed E-state index contributed by atoms with van der Waals surface area (Å²) in [7, 11) is 1.61. The molecule has 0 radical (unpaired) electrons. The van der Waals surface area contributed by atoms with E-state index in [4.69, 9.17) is 4.74 Å². The summed E-state index contributed by atoms with van der Waals surface area (Å²) in [4.78, 5) is 28.3. The molecule has 0 bridgehead atoms. The van der Waals surface area contributed by atoms with Gasteiger partial charge in [0.05, 0.1) is 18.1 Å². The van der Waals surface area contributed by atoms with E-state index >= 15 is 0 Å². The molecule has 0 spiro atoms. The number of hydrogen-bond donors (Lipinski definition) is 0. The molecule has 1 aromatic rings. The molecule has 1 saturated heterocycles. The molecular weight excluding hydrogens is 395 g/mol. The third-order valence-electron chi connectivity index (χ3n) is 3.89. The maximum absolute atomic E-state index is 12.5. The number of rotatable bonds is 4. The maximum atomic E-state index is 12.5. The van der Waals surface area contributed by atoms with Gasteiger partial charge in [-0.3, -0.25) is 9.59 Å². The monoisotopic (exact) mass is 416 g/mol. The molecule has 1 unspecified atom stereocenters. The van der Waals surface area contributed by atoms with E-state index in [-0.39, 0.29) is 17.9 Å². The molecule has 0 N–H and O–H groups in total. The Hall–Kier alpha value is -1.15. The summed E-state index contributed by atoms with van der Waals surface area (Å²) >= 11 is 2.18. The smallest absolute Gasteiger partial charge is 0.255 e. The Morgan fingerprint density at radius 2 is 1.77 bits per heavy atom. The van der Waals surface area contributed by atoms with Crippen molar-refractivity contribution in [3.8, 4) is 0 Å². The third-order valence-corrected chi connectivity index (χ3v) is 4.83. The van der Waals surface area contributed by atoms with E-state index in [2.05, 4.69) is 22.6 Å². The Morgan fingerprint density at radius 1 is 1.18 bits per heavy atom. The number of piperazine rings is 1. The number of carbonyl (C=O) groups excluding carboxylic acids is 2. The van der Waals surface area contributed by atoms with Gasteiger partial charge in [0.1, 0.15) is 0 Å². The Labute approximate surface area is 144 Å². The van der Waals surface area contributed by atoms with Gasteiger partial charge in [0.2, 0.25) is 5.91 Å². The number of ether oxygens (including phenoxy) is 1. The lowest BCUT2D eigenvalue weighted by molar-refractivity contribution is -0.134. The number of nitrogens with zero attached hydrogens (tertiary/aromatic N) is 2. The molecule has 0 aliphatic carbocycles. The van der Waals surface area contributed by atoms with Gasteiger partial charge in [-0.05, 0) is 41.6 Å². The molecular formula is C16H21IN2O3. The van der Waals surface area contributed by atoms with Gasteiger partial charge in [0, 0.05) is 36.9 Å². The molecule has 0 saturated carbocycles. The lowest BCUT2D eigenvalue weighted by Gasteiger charge is -2.35. The highest BCUT2D eigenvalue weighted by molar-refractivity contribution is 14.1. The summed E-state index contributed by atoms with van der Waals surface area (Å²) in [5, 5.41) is 0. The Kier molecular flexibility index (Phi) is 6.19. The van der Waals surface area contributed by atoms with Crippen LogP contribution in [0, 0.1) is 3.57 Å². The number of halogens is 1. The summed E-state index contributed by atoms with van der Waals surface area (Å²) in [6.45, 7) is 4.22. The molecule has 1 atom stereocenters. The van der Waals surface area contributed by atoms with Gasteiger partial charge in [0.15, 0.2) is 0 Å². The van der Waals surface area contributed by atoms with Gasteiger partial charge < -0.3 is 14.5 Å². The maximum Gasteiger partial charge on any atom is 0.255 e. The van der Waals surface area contributed by atoms with Crippen LogP contribution in [0.4, 0.5) is 0 Å². The summed E-state index contributed by atoms with van der Waals surface area (Å²) in [5.41, 5.74) is 0.732. The zero-order valence-corrected chi connectivity index (χ0v) is 15.1. The highest BCUT2D eigenvalue weighted by atomic mass is 127. The van der Waals surface area contributed by atoms with Crippen molar-refractivity contribution >= 4 is 34.4 Å². The topological polar surface area (TPSA) is 49.9 Å². The summed E-state index contributed by atoms with van der Waals surface area (Å²) < 4.78 is 6.09. The van der Waals surface area contributed by atoms with E-state index in [1.54, 1.807) is 7.11 Å². The lowest BCUT2D eigenvalue weighted by atomic mass is 10.1. The van der Waals surface area contributed by atoms with Crippen LogP contribution in [-0.2, 0) is 9.53 Å². The van der Waals surface area contributed by atoms with E-state index in [0.717, 1.165) is 9.13 Å². The average Bonchev–Trinajstić information content (AvgIpc) is 2.54. The first-order valence-corrected chi connectivity index (χ1v) is 8.45. The molecule has 2 rings (SSSR count). The second-order valence-electron chi connectivity index (χ2n) is 5.40. The van der Waals surface area contributed by atoms with Crippen LogP contribution >= 0.6 is 22.6 Å². The van der Waals surface area contributed by atoms with Crippen molar-refractivity contribution in [3.05, 3.63) is 33.4 Å². The molecule has 1 aromatic carbocycles. The third kappa shape index (κ3) is 4.19. The molecule has 1 fully saturated rings. The van der Waals surface area contributed by atoms with Crippen molar-refractivity contribution in [1.29, 1.82) is 0 Å². The normalized spacial score (nSPS) is 16.5. The van der Waals surface area contributed by atoms with Gasteiger partial charge in [-0.15, -0.1) is 0 Å². The van der Waals surface area contributed by atoms with E-state index in [0.29, 0.717) is 32.6 Å². The fraction of sp³-hybridized carbons (Fsp3) is 0.500. The van der Waals surface area contributed by atoms with Crippen LogP contribution in [0.5, 0.6) is 0 Å². The second kappa shape index (κ2) is 7.92. The molecule has 1 heterocycles. The van der Waals surface area contributed by atoms with Crippen molar-refractivity contribution in [2.75, 3.05) is 33.3 Å². The quantitative estimate of drug-likeness (QED) is 0.706. The van der Waals surface area contributed by atoms with Crippen LogP contribution < -0.4 is 0 Å². The van der Waals surface area contributed by atoms with E-state index < -0.39 is 0 Å². The predicted octanol–water partition coefficient (Wildman–Crippen LogP) is 2.00. The zero-order chi connectivity index (χ0) is 16.1. The lowest BCUT2D eigenvalue weighted by Crippen LogP contribution is -2.51. The van der Waals surface area contributed by atoms with Crippen LogP contribution in [0.1, 0.15) is 23.7 Å². The highest BCUT2D eigenvalue weighted by Crippen LogP contribution is 2.16. The number of benzene rings is 1. The number of methoxy groups -OCH3 is 1. The molecule has 22 heavy (non-hydrogen) atoms. The first-order valence-electron chi connectivity index (χ1n) is 7.37. The Balaban J connectivity index is 1.91. The van der Waals surface area contributed by atoms with Crippen LogP contribution in [0.3, 0.4) is 0 Å². The second-order valence-corrected chi connectivity index (χ2v) is 6.57. The van der Waals surface area contributed by atoms with E-state index in [1.807, 2.05) is 41.0 Å². The SMILES string of the molecule is COC(C)CC(=O)N1CCN(C(=O)c2ccccc2I)CC1. The largest absolute Gasteiger partial charge is 0.381 e. The minimum Gasteiger partial charge on any atom is -0.381 e. The van der Waals surface area contributed by atoms with Gasteiger partial charge in [-0.25, -0.2) is 0 Å². The minimum atomic E-state index is -0.0712. The van der Waals surface area contributed by atoms with Crippen molar-refractivity contribution in [1.82, 2.24) is 9.80 Å². The van der Waals surface area contributed by atoms with Crippen LogP contribution in [0.2, 0.25) is 0 Å². The Bertz CT molecular complexity index is 542. The Morgan fingerprint density at radius 3 is 2.36 bits per heavy atom. The number of hydrogen-bond acceptors (Lipinski definition) is 3. The van der Waals surface area contributed by atoms with Crippen molar-refractivity contribution in [3.63, 3.8) is 0 Å². The highest BCUT2D eigenvalue weighted by Gasteiger charge is 2.26. The molecule has 1 aliphatic heterocycles. The number of amides is 2. The van der Waals surface area contributed by atoms with Crippen LogP contribution in [0.25, 0.3) is 0 Å². The predicted molar refractivity (Wildman–Crippen MR) is 92.7 cm³/mol. The molecule has 0 aromatic heterocycles. The van der Waals surface area contributed by atoms with Gasteiger partial charge in [-0.1, -0.05) is 12.1 Å². The van der Waals surface area contributed by atoms with E-state index in [9.17, 15) is 9.59 Å². The van der Waals surface area contributed by atoms with Crippen molar-refractivity contribution in [2.24, 2.45) is 0 Å². The van der Waals surface area contributed by atoms with Gasteiger partial charge in [0.25, 0.3) is 5.91 Å². The summed E-state index contributed by atoms with van der Waals surface area (Å²) in [6.07, 6.45) is 0.319. The summed E-state index contributed by atoms with van der Waals surface area (Å²) in [5.74, 6) is 0.137. The van der Waals surface area contributed by atoms with Crippen LogP contribution in [0.15, 0.2) is 24.3 Å². The molecule has 5 nitrogen and oxygen atoms in total. The van der Waals surface area contributed by atoms with Gasteiger partial charge >= 0.3 is 0 Å². The molecule has 6 heteroatoms. The zero-order valence-electron chi connectivity index (χ0n) is 12.9. The fourth-order valence-corrected chi connectivity index (χ4v) is 3.04. The van der Waals surface area contributed by atoms with Crippen molar-refractivity contribution in [2.45, 2.75) is 19.4 Å². The first kappa shape index (κ1) is 17.2. The molecule has 120 valence electrons. The average molecular weight is 416 g/mol. The van der Waals surface area contributed by atoms with Crippen LogP contribution in [-0.4, -0.2) is 61.0 Å². The number of carbonyl (C=O) groups is 2. The molecule has 1 aliphatic rings. The minimum absolute atomic E-state index is 0.0439. The molecule has 2 amide bonds. The van der Waals surface area contributed by atoms with E-state index in [1.165, 1.54) is 0 Å². The standard InChI is InChI=1S/C16H21IN2O3/c1-12(22-2)11-15(20)18-7-9-19(10-8-18)16(21)13-5-3-4-6-14(13)17/h3-6,12H,7-11H2,1-2H3. The summed E-state index contributed by atoms with van der Waals surface area (Å²) in [6, 6.07) is 7.58. The fourth-order valence-electron chi connectivity index (χ4n) is 2.42. The van der Waals surface area contributed by atoms with Crippen molar-refractivity contribution < 1.29 is 14.3 Å². The van der Waals surface area contributed by atoms with Gasteiger partial charge in [-0.2, -0.15) is 0 Å². The first-order chi connectivity index (χ1) is 10.5.